The first kappa shape index (κ1) is 13.7. The summed E-state index contributed by atoms with van der Waals surface area (Å²) in [5.74, 6) is 0.536. The molecule has 1 aromatic rings. The third-order valence-corrected chi connectivity index (χ3v) is 2.87. The maximum Gasteiger partial charge on any atom is 0.226 e. The van der Waals surface area contributed by atoms with E-state index >= 15 is 0 Å². The molecule has 94 valence electrons. The zero-order chi connectivity index (χ0) is 12.7. The van der Waals surface area contributed by atoms with Crippen LogP contribution in [0.2, 0.25) is 0 Å². The lowest BCUT2D eigenvalue weighted by atomic mass is 10.1. The Bertz CT molecular complexity index is 337. The summed E-state index contributed by atoms with van der Waals surface area (Å²) in [7, 11) is 0. The molecule has 1 rings (SSSR count). The Balaban J connectivity index is 2.55. The number of benzene rings is 1. The predicted octanol–water partition coefficient (Wildman–Crippen LogP) is 1.67. The molecule has 17 heavy (non-hydrogen) atoms. The van der Waals surface area contributed by atoms with Gasteiger partial charge in [-0.2, -0.15) is 0 Å². The van der Waals surface area contributed by atoms with E-state index in [0.29, 0.717) is 18.9 Å². The summed E-state index contributed by atoms with van der Waals surface area (Å²) in [5.41, 5.74) is 6.66. The Morgan fingerprint density at radius 3 is 2.53 bits per heavy atom. The largest absolute Gasteiger partial charge is 0.342 e. The van der Waals surface area contributed by atoms with Crippen LogP contribution in [0.15, 0.2) is 30.3 Å². The zero-order valence-corrected chi connectivity index (χ0v) is 10.7. The van der Waals surface area contributed by atoms with Gasteiger partial charge < -0.3 is 10.6 Å². The van der Waals surface area contributed by atoms with Crippen LogP contribution >= 0.6 is 0 Å². The topological polar surface area (TPSA) is 46.3 Å². The number of hydrogen-bond donors (Lipinski definition) is 1. The number of carbonyl (C=O) groups is 1. The molecule has 0 aliphatic heterocycles. The second kappa shape index (κ2) is 7.07. The number of amides is 1. The minimum absolute atomic E-state index is 0.180. The van der Waals surface area contributed by atoms with Gasteiger partial charge in [0.1, 0.15) is 0 Å². The third kappa shape index (κ3) is 4.57. The van der Waals surface area contributed by atoms with E-state index in [1.807, 2.05) is 42.2 Å². The Kier molecular flexibility index (Phi) is 5.70. The van der Waals surface area contributed by atoms with Gasteiger partial charge in [0.2, 0.25) is 5.91 Å². The molecule has 0 heterocycles. The van der Waals surface area contributed by atoms with Crippen molar-refractivity contribution in [1.29, 1.82) is 0 Å². The van der Waals surface area contributed by atoms with Crippen LogP contribution in [0.25, 0.3) is 0 Å². The maximum absolute atomic E-state index is 12.1. The molecule has 0 spiro atoms. The normalized spacial score (nSPS) is 12.2. The van der Waals surface area contributed by atoms with Gasteiger partial charge in [0.05, 0.1) is 6.42 Å². The van der Waals surface area contributed by atoms with Gasteiger partial charge in [0.15, 0.2) is 0 Å². The van der Waals surface area contributed by atoms with Crippen molar-refractivity contribution in [2.75, 3.05) is 19.6 Å². The lowest BCUT2D eigenvalue weighted by Crippen LogP contribution is -2.37. The lowest BCUT2D eigenvalue weighted by Gasteiger charge is -2.24. The minimum Gasteiger partial charge on any atom is -0.342 e. The molecule has 0 saturated carbocycles. The fourth-order valence-electron chi connectivity index (χ4n) is 1.74. The van der Waals surface area contributed by atoms with Gasteiger partial charge in [0.25, 0.3) is 0 Å². The molecule has 1 aromatic carbocycles. The predicted molar refractivity (Wildman–Crippen MR) is 70.6 cm³/mol. The van der Waals surface area contributed by atoms with Crippen molar-refractivity contribution < 1.29 is 4.79 Å². The van der Waals surface area contributed by atoms with Gasteiger partial charge in [-0.1, -0.05) is 37.3 Å². The van der Waals surface area contributed by atoms with Crippen LogP contribution in [-0.2, 0) is 11.2 Å². The highest BCUT2D eigenvalue weighted by Crippen LogP contribution is 2.05. The molecule has 0 saturated heterocycles. The van der Waals surface area contributed by atoms with E-state index in [4.69, 9.17) is 5.73 Å². The first-order chi connectivity index (χ1) is 8.17. The van der Waals surface area contributed by atoms with Crippen molar-refractivity contribution in [2.45, 2.75) is 20.3 Å². The van der Waals surface area contributed by atoms with Gasteiger partial charge in [-0.15, -0.1) is 0 Å². The third-order valence-electron chi connectivity index (χ3n) is 2.87. The molecular weight excluding hydrogens is 212 g/mol. The quantitative estimate of drug-likeness (QED) is 0.814. The molecule has 3 nitrogen and oxygen atoms in total. The lowest BCUT2D eigenvalue weighted by molar-refractivity contribution is -0.130. The van der Waals surface area contributed by atoms with Crippen molar-refractivity contribution in [3.63, 3.8) is 0 Å². The molecule has 0 aliphatic carbocycles. The van der Waals surface area contributed by atoms with Crippen LogP contribution in [0.4, 0.5) is 0 Å². The van der Waals surface area contributed by atoms with Crippen LogP contribution < -0.4 is 5.73 Å². The highest BCUT2D eigenvalue weighted by molar-refractivity contribution is 5.78. The zero-order valence-electron chi connectivity index (χ0n) is 10.7. The van der Waals surface area contributed by atoms with Gasteiger partial charge in [-0.05, 0) is 24.9 Å². The summed E-state index contributed by atoms with van der Waals surface area (Å²) >= 11 is 0. The molecule has 0 radical (unpaired) electrons. The second-order valence-electron chi connectivity index (χ2n) is 4.44. The summed E-state index contributed by atoms with van der Waals surface area (Å²) < 4.78 is 0. The van der Waals surface area contributed by atoms with Crippen molar-refractivity contribution >= 4 is 5.91 Å². The first-order valence-electron chi connectivity index (χ1n) is 6.19. The molecule has 3 heteroatoms. The fourth-order valence-corrected chi connectivity index (χ4v) is 1.74. The molecule has 0 aromatic heterocycles. The van der Waals surface area contributed by atoms with Crippen molar-refractivity contribution in [1.82, 2.24) is 4.90 Å². The Labute approximate surface area is 104 Å². The average molecular weight is 234 g/mol. The summed E-state index contributed by atoms with van der Waals surface area (Å²) in [4.78, 5) is 14.0. The highest BCUT2D eigenvalue weighted by atomic mass is 16.2. The van der Waals surface area contributed by atoms with Crippen molar-refractivity contribution in [3.8, 4) is 0 Å². The highest BCUT2D eigenvalue weighted by Gasteiger charge is 2.14. The van der Waals surface area contributed by atoms with Gasteiger partial charge in [-0.3, -0.25) is 4.79 Å². The van der Waals surface area contributed by atoms with Gasteiger partial charge >= 0.3 is 0 Å². The molecule has 0 fully saturated rings. The molecular formula is C14H22N2O. The van der Waals surface area contributed by atoms with Gasteiger partial charge in [-0.25, -0.2) is 0 Å². The molecule has 1 amide bonds. The molecule has 1 atom stereocenters. The van der Waals surface area contributed by atoms with Crippen molar-refractivity contribution in [3.05, 3.63) is 35.9 Å². The average Bonchev–Trinajstić information content (AvgIpc) is 2.36. The van der Waals surface area contributed by atoms with E-state index < -0.39 is 0 Å². The van der Waals surface area contributed by atoms with E-state index in [1.54, 1.807) is 0 Å². The van der Waals surface area contributed by atoms with E-state index in [9.17, 15) is 4.79 Å². The standard InChI is InChI=1S/C14H22N2O/c1-3-16(11-12(2)10-15)14(17)9-13-7-5-4-6-8-13/h4-8,12H,3,9-11,15H2,1-2H3. The van der Waals surface area contributed by atoms with Crippen LogP contribution in [0.1, 0.15) is 19.4 Å². The van der Waals surface area contributed by atoms with E-state index in [0.717, 1.165) is 18.7 Å². The molecule has 1 unspecified atom stereocenters. The second-order valence-corrected chi connectivity index (χ2v) is 4.44. The maximum atomic E-state index is 12.1. The van der Waals surface area contributed by atoms with Gasteiger partial charge in [0, 0.05) is 13.1 Å². The number of hydrogen-bond acceptors (Lipinski definition) is 2. The molecule has 2 N–H and O–H groups in total. The smallest absolute Gasteiger partial charge is 0.226 e. The van der Waals surface area contributed by atoms with E-state index in [1.165, 1.54) is 0 Å². The van der Waals surface area contributed by atoms with Crippen LogP contribution in [0.5, 0.6) is 0 Å². The minimum atomic E-state index is 0.180. The Hall–Kier alpha value is -1.35. The summed E-state index contributed by atoms with van der Waals surface area (Å²) in [6, 6.07) is 9.85. The monoisotopic (exact) mass is 234 g/mol. The first-order valence-corrected chi connectivity index (χ1v) is 6.19. The Morgan fingerprint density at radius 1 is 1.35 bits per heavy atom. The van der Waals surface area contributed by atoms with Crippen LogP contribution in [0.3, 0.4) is 0 Å². The number of likely N-dealkylation sites (N-methyl/N-ethyl adjacent to an activating group) is 1. The SMILES string of the molecule is CCN(CC(C)CN)C(=O)Cc1ccccc1. The number of carbonyl (C=O) groups excluding carboxylic acids is 1. The number of nitrogens with zero attached hydrogens (tertiary/aromatic N) is 1. The number of nitrogens with two attached hydrogens (primary N) is 1. The Morgan fingerprint density at radius 2 is 2.00 bits per heavy atom. The number of rotatable bonds is 6. The van der Waals surface area contributed by atoms with E-state index in [-0.39, 0.29) is 5.91 Å². The van der Waals surface area contributed by atoms with Crippen LogP contribution in [0, 0.1) is 5.92 Å². The molecule has 0 aliphatic rings. The van der Waals surface area contributed by atoms with Crippen molar-refractivity contribution in [2.24, 2.45) is 11.7 Å². The molecule has 0 bridgehead atoms. The van der Waals surface area contributed by atoms with E-state index in [2.05, 4.69) is 6.92 Å². The van der Waals surface area contributed by atoms with Crippen LogP contribution in [-0.4, -0.2) is 30.4 Å². The summed E-state index contributed by atoms with van der Waals surface area (Å²) in [6.45, 7) is 6.19. The summed E-state index contributed by atoms with van der Waals surface area (Å²) in [5, 5.41) is 0. The fraction of sp³-hybridized carbons (Fsp3) is 0.500. The summed E-state index contributed by atoms with van der Waals surface area (Å²) in [6.07, 6.45) is 0.478.